The third-order valence-electron chi connectivity index (χ3n) is 5.72. The van der Waals surface area contributed by atoms with Crippen LogP contribution in [0.1, 0.15) is 13.3 Å². The number of amides is 2. The summed E-state index contributed by atoms with van der Waals surface area (Å²) in [5.74, 6) is -0.579. The third-order valence-corrected chi connectivity index (χ3v) is 5.72. The lowest BCUT2D eigenvalue weighted by Gasteiger charge is -2.36. The Morgan fingerprint density at radius 2 is 1.83 bits per heavy atom. The molecule has 0 saturated carbocycles. The average molecular weight is 429 g/mol. The van der Waals surface area contributed by atoms with Crippen molar-refractivity contribution in [2.75, 3.05) is 58.3 Å². The number of nitrogens with one attached hydrogen (secondary N) is 1. The molecular formula is C20H30ClFN4O3. The van der Waals surface area contributed by atoms with E-state index in [0.29, 0.717) is 6.54 Å². The van der Waals surface area contributed by atoms with E-state index in [1.807, 2.05) is 6.07 Å². The van der Waals surface area contributed by atoms with Crippen LogP contribution in [0.5, 0.6) is 5.75 Å². The first-order chi connectivity index (χ1) is 13.5. The number of carbonyl (C=O) groups is 2. The summed E-state index contributed by atoms with van der Waals surface area (Å²) in [5, 5.41) is 2.93. The number of nitrogens with zero attached hydrogens (tertiary/aromatic N) is 3. The van der Waals surface area contributed by atoms with Crippen LogP contribution < -0.4 is 15.0 Å². The van der Waals surface area contributed by atoms with Gasteiger partial charge in [0, 0.05) is 32.7 Å². The minimum Gasteiger partial charge on any atom is -0.492 e. The highest BCUT2D eigenvalue weighted by molar-refractivity contribution is 6.06. The normalized spacial score (nSPS) is 22.8. The maximum atomic E-state index is 13.9. The number of likely N-dealkylation sites (N-methyl/N-ethyl adjacent to an activating group) is 1. The van der Waals surface area contributed by atoms with E-state index in [0.717, 1.165) is 44.8 Å². The predicted octanol–water partition coefficient (Wildman–Crippen LogP) is 1.36. The summed E-state index contributed by atoms with van der Waals surface area (Å²) < 4.78 is 19.1. The van der Waals surface area contributed by atoms with E-state index in [9.17, 15) is 14.0 Å². The molecule has 1 N–H and O–H groups in total. The zero-order valence-electron chi connectivity index (χ0n) is 17.2. The van der Waals surface area contributed by atoms with Crippen LogP contribution in [0.25, 0.3) is 0 Å². The molecule has 2 aliphatic heterocycles. The van der Waals surface area contributed by atoms with Gasteiger partial charge in [-0.05, 0) is 32.1 Å². The van der Waals surface area contributed by atoms with Gasteiger partial charge in [-0.25, -0.2) is 4.39 Å². The smallest absolute Gasteiger partial charge is 0.247 e. The van der Waals surface area contributed by atoms with Crippen molar-refractivity contribution < 1.29 is 18.7 Å². The fourth-order valence-electron chi connectivity index (χ4n) is 4.09. The number of rotatable bonds is 7. The van der Waals surface area contributed by atoms with Gasteiger partial charge in [-0.15, -0.1) is 12.4 Å². The van der Waals surface area contributed by atoms with Gasteiger partial charge in [0.2, 0.25) is 11.8 Å². The molecule has 2 amide bonds. The molecule has 2 aliphatic rings. The fraction of sp³-hybridized carbons (Fsp3) is 0.600. The van der Waals surface area contributed by atoms with Crippen LogP contribution in [0.2, 0.25) is 0 Å². The molecule has 162 valence electrons. The van der Waals surface area contributed by atoms with E-state index in [1.165, 1.54) is 18.1 Å². The molecule has 0 aliphatic carbocycles. The summed E-state index contributed by atoms with van der Waals surface area (Å²) in [6, 6.07) is 4.57. The number of hydrogen-bond donors (Lipinski definition) is 1. The lowest BCUT2D eigenvalue weighted by atomic mass is 10.1. The highest BCUT2D eigenvalue weighted by Crippen LogP contribution is 2.31. The van der Waals surface area contributed by atoms with Crippen LogP contribution in [0.3, 0.4) is 0 Å². The first-order valence-electron chi connectivity index (χ1n) is 9.80. The molecule has 2 saturated heterocycles. The van der Waals surface area contributed by atoms with Crippen LogP contribution >= 0.6 is 12.4 Å². The fourth-order valence-corrected chi connectivity index (χ4v) is 4.09. The summed E-state index contributed by atoms with van der Waals surface area (Å²) in [6.45, 7) is 6.32. The Labute approximate surface area is 177 Å². The number of piperazine rings is 1. The molecule has 3 rings (SSSR count). The Hall–Kier alpha value is -1.90. The number of imide groups is 1. The van der Waals surface area contributed by atoms with Crippen LogP contribution in [0.15, 0.2) is 18.2 Å². The molecule has 0 bridgehead atoms. The topological polar surface area (TPSA) is 65.1 Å². The molecule has 2 heterocycles. The van der Waals surface area contributed by atoms with Crippen molar-refractivity contribution in [2.24, 2.45) is 5.92 Å². The van der Waals surface area contributed by atoms with E-state index in [1.54, 1.807) is 20.0 Å². The largest absolute Gasteiger partial charge is 0.492 e. The van der Waals surface area contributed by atoms with Gasteiger partial charge in [-0.2, -0.15) is 0 Å². The lowest BCUT2D eigenvalue weighted by Crippen LogP contribution is -2.47. The average Bonchev–Trinajstić information content (AvgIpc) is 2.91. The van der Waals surface area contributed by atoms with Gasteiger partial charge in [-0.3, -0.25) is 19.4 Å². The van der Waals surface area contributed by atoms with Crippen LogP contribution in [0.4, 0.5) is 10.1 Å². The molecule has 2 fully saturated rings. The van der Waals surface area contributed by atoms with Crippen molar-refractivity contribution in [3.8, 4) is 5.75 Å². The molecule has 0 radical (unpaired) electrons. The molecule has 0 aromatic heterocycles. The van der Waals surface area contributed by atoms with Crippen molar-refractivity contribution in [2.45, 2.75) is 19.4 Å². The molecule has 9 heteroatoms. The Morgan fingerprint density at radius 1 is 1.14 bits per heavy atom. The third kappa shape index (κ3) is 4.82. The van der Waals surface area contributed by atoms with E-state index in [-0.39, 0.29) is 41.7 Å². The first kappa shape index (κ1) is 23.4. The van der Waals surface area contributed by atoms with Gasteiger partial charge in [0.15, 0.2) is 11.6 Å². The van der Waals surface area contributed by atoms with E-state index in [2.05, 4.69) is 15.1 Å². The van der Waals surface area contributed by atoms with Gasteiger partial charge in [-0.1, -0.05) is 13.0 Å². The minimum absolute atomic E-state index is 0. The minimum atomic E-state index is -0.405. The summed E-state index contributed by atoms with van der Waals surface area (Å²) >= 11 is 0. The molecule has 1 aromatic carbocycles. The van der Waals surface area contributed by atoms with Gasteiger partial charge < -0.3 is 15.0 Å². The summed E-state index contributed by atoms with van der Waals surface area (Å²) in [4.78, 5) is 30.4. The highest BCUT2D eigenvalue weighted by atomic mass is 35.5. The second-order valence-electron chi connectivity index (χ2n) is 7.36. The molecule has 2 atom stereocenters. The quantitative estimate of drug-likeness (QED) is 0.661. The second-order valence-corrected chi connectivity index (χ2v) is 7.36. The Balaban J connectivity index is 0.00000300. The van der Waals surface area contributed by atoms with Crippen LogP contribution in [-0.4, -0.2) is 81.1 Å². The molecule has 29 heavy (non-hydrogen) atoms. The number of anilines is 1. The monoisotopic (exact) mass is 428 g/mol. The Bertz CT molecular complexity index is 728. The van der Waals surface area contributed by atoms with Crippen molar-refractivity contribution in [3.63, 3.8) is 0 Å². The number of benzene rings is 1. The second kappa shape index (κ2) is 10.2. The van der Waals surface area contributed by atoms with Crippen molar-refractivity contribution in [3.05, 3.63) is 24.0 Å². The number of carbonyl (C=O) groups excluding carboxylic acids is 2. The molecule has 1 aromatic rings. The van der Waals surface area contributed by atoms with Gasteiger partial charge >= 0.3 is 0 Å². The standard InChI is InChI=1S/C20H29FN4O3.ClH/c1-14-17(22-2)20(27)25(19(14)26)9-5-8-23-10-12-24(13-11-23)16-7-4-6-15(21)18(16)28-3;/h4,6-7,14,17,22H,5,8-13H2,1-3H3;1H. The molecule has 7 nitrogen and oxygen atoms in total. The van der Waals surface area contributed by atoms with Gasteiger partial charge in [0.1, 0.15) is 0 Å². The lowest BCUT2D eigenvalue weighted by molar-refractivity contribution is -0.139. The number of halogens is 2. The molecule has 0 spiro atoms. The van der Waals surface area contributed by atoms with Crippen LogP contribution in [-0.2, 0) is 9.59 Å². The predicted molar refractivity (Wildman–Crippen MR) is 112 cm³/mol. The zero-order chi connectivity index (χ0) is 20.3. The number of ether oxygens (including phenoxy) is 1. The summed E-state index contributed by atoms with van der Waals surface area (Å²) in [7, 11) is 3.20. The number of likely N-dealkylation sites (tertiary alicyclic amines) is 1. The first-order valence-corrected chi connectivity index (χ1v) is 9.80. The number of para-hydroxylation sites is 1. The number of methoxy groups -OCH3 is 1. The Morgan fingerprint density at radius 3 is 2.41 bits per heavy atom. The van der Waals surface area contributed by atoms with Crippen molar-refractivity contribution in [1.82, 2.24) is 15.1 Å². The van der Waals surface area contributed by atoms with Crippen molar-refractivity contribution >= 4 is 29.9 Å². The number of hydrogen-bond acceptors (Lipinski definition) is 6. The van der Waals surface area contributed by atoms with Gasteiger partial charge in [0.25, 0.3) is 0 Å². The van der Waals surface area contributed by atoms with Crippen molar-refractivity contribution in [1.29, 1.82) is 0 Å². The van der Waals surface area contributed by atoms with E-state index >= 15 is 0 Å². The highest BCUT2D eigenvalue weighted by Gasteiger charge is 2.43. The van der Waals surface area contributed by atoms with Gasteiger partial charge in [0.05, 0.1) is 24.8 Å². The summed E-state index contributed by atoms with van der Waals surface area (Å²) in [6.07, 6.45) is 0.754. The molecule has 2 unspecified atom stereocenters. The van der Waals surface area contributed by atoms with Crippen LogP contribution in [0, 0.1) is 11.7 Å². The van der Waals surface area contributed by atoms with E-state index < -0.39 is 6.04 Å². The maximum absolute atomic E-state index is 13.9. The SMILES string of the molecule is CNC1C(=O)N(CCCN2CCN(c3cccc(F)c3OC)CC2)C(=O)C1C.Cl. The van der Waals surface area contributed by atoms with E-state index in [4.69, 9.17) is 4.74 Å². The zero-order valence-corrected chi connectivity index (χ0v) is 18.0. The summed E-state index contributed by atoms with van der Waals surface area (Å²) in [5.41, 5.74) is 0.780. The Kier molecular flexibility index (Phi) is 8.24. The molecular weight excluding hydrogens is 399 g/mol. The maximum Gasteiger partial charge on any atom is 0.247 e.